The molecule has 1 spiro atoms. The van der Waals surface area contributed by atoms with Crippen LogP contribution in [0.3, 0.4) is 0 Å². The van der Waals surface area contributed by atoms with Crippen LogP contribution in [0.4, 0.5) is 16.2 Å². The van der Waals surface area contributed by atoms with Crippen molar-refractivity contribution in [3.8, 4) is 0 Å². The number of hydrogen-bond acceptors (Lipinski definition) is 3. The van der Waals surface area contributed by atoms with Gasteiger partial charge in [-0.2, -0.15) is 0 Å². The van der Waals surface area contributed by atoms with Crippen LogP contribution >= 0.6 is 11.8 Å². The highest BCUT2D eigenvalue weighted by molar-refractivity contribution is 8.02. The predicted molar refractivity (Wildman–Crippen MR) is 134 cm³/mol. The number of nitrogens with zero attached hydrogens (tertiary/aromatic N) is 2. The topological polar surface area (TPSA) is 52.7 Å². The molecule has 1 N–H and O–H groups in total. The first-order chi connectivity index (χ1) is 15.8. The molecular formula is C27H27N3O2S. The number of urea groups is 1. The van der Waals surface area contributed by atoms with Gasteiger partial charge in [0.05, 0.1) is 12.2 Å². The van der Waals surface area contributed by atoms with E-state index in [-0.39, 0.29) is 16.7 Å². The number of hydrogen-bond donors (Lipinski definition) is 1. The molecule has 33 heavy (non-hydrogen) atoms. The van der Waals surface area contributed by atoms with E-state index in [9.17, 15) is 9.59 Å². The summed E-state index contributed by atoms with van der Waals surface area (Å²) in [6.45, 7) is 7.12. The van der Waals surface area contributed by atoms with E-state index in [1.54, 1.807) is 16.7 Å². The lowest BCUT2D eigenvalue weighted by Crippen LogP contribution is -2.51. The summed E-state index contributed by atoms with van der Waals surface area (Å²) in [4.78, 5) is 30.2. The first-order valence-electron chi connectivity index (χ1n) is 11.1. The van der Waals surface area contributed by atoms with Gasteiger partial charge >= 0.3 is 6.03 Å². The Morgan fingerprint density at radius 1 is 0.970 bits per heavy atom. The second-order valence-electron chi connectivity index (χ2n) is 9.28. The molecule has 3 aromatic rings. The van der Waals surface area contributed by atoms with Crippen LogP contribution in [-0.2, 0) is 16.2 Å². The minimum atomic E-state index is -1.09. The fraction of sp³-hybridized carbons (Fsp3) is 0.259. The van der Waals surface area contributed by atoms with Crippen LogP contribution in [0.5, 0.6) is 0 Å². The molecule has 1 fully saturated rings. The van der Waals surface area contributed by atoms with Crippen molar-refractivity contribution in [2.45, 2.75) is 36.9 Å². The zero-order chi connectivity index (χ0) is 23.2. The van der Waals surface area contributed by atoms with Crippen molar-refractivity contribution in [2.75, 3.05) is 16.8 Å². The van der Waals surface area contributed by atoms with Crippen LogP contribution in [0, 0.1) is 6.92 Å². The molecule has 5 rings (SSSR count). The molecule has 2 aliphatic heterocycles. The molecule has 0 unspecified atom stereocenters. The summed E-state index contributed by atoms with van der Waals surface area (Å²) in [5.74, 6) is -0.0674. The number of carbonyl (C=O) groups excluding carboxylic acids is 2. The van der Waals surface area contributed by atoms with E-state index in [1.165, 1.54) is 0 Å². The molecule has 6 heteroatoms. The van der Waals surface area contributed by atoms with Crippen molar-refractivity contribution in [1.82, 2.24) is 4.90 Å². The van der Waals surface area contributed by atoms with E-state index in [0.29, 0.717) is 13.1 Å². The molecule has 0 bridgehead atoms. The van der Waals surface area contributed by atoms with Gasteiger partial charge in [0, 0.05) is 22.5 Å². The van der Waals surface area contributed by atoms with Crippen molar-refractivity contribution >= 4 is 35.1 Å². The lowest BCUT2D eigenvalue weighted by molar-refractivity contribution is -0.123. The predicted octanol–water partition coefficient (Wildman–Crippen LogP) is 5.75. The molecule has 2 heterocycles. The summed E-state index contributed by atoms with van der Waals surface area (Å²) in [6.07, 6.45) is 0. The van der Waals surface area contributed by atoms with Crippen LogP contribution in [0.1, 0.15) is 30.5 Å². The fourth-order valence-electron chi connectivity index (χ4n) is 4.71. The van der Waals surface area contributed by atoms with Crippen LogP contribution in [0.15, 0.2) is 78.9 Å². The third-order valence-corrected chi connectivity index (χ3v) is 7.76. The van der Waals surface area contributed by atoms with Crippen molar-refractivity contribution in [1.29, 1.82) is 0 Å². The Labute approximate surface area is 198 Å². The average Bonchev–Trinajstić information content (AvgIpc) is 3.22. The molecule has 0 aliphatic carbocycles. The van der Waals surface area contributed by atoms with Crippen LogP contribution in [-0.4, -0.2) is 28.1 Å². The zero-order valence-electron chi connectivity index (χ0n) is 19.0. The minimum Gasteiger partial charge on any atom is -0.308 e. The highest BCUT2D eigenvalue weighted by Crippen LogP contribution is 2.59. The van der Waals surface area contributed by atoms with E-state index >= 15 is 0 Å². The van der Waals surface area contributed by atoms with Crippen molar-refractivity contribution in [2.24, 2.45) is 0 Å². The molecule has 1 saturated heterocycles. The number of amides is 3. The summed E-state index contributed by atoms with van der Waals surface area (Å²) < 4.78 is -0.282. The van der Waals surface area contributed by atoms with Gasteiger partial charge in [-0.25, -0.2) is 4.79 Å². The normalized spacial score (nSPS) is 20.9. The quantitative estimate of drug-likeness (QED) is 0.545. The minimum absolute atomic E-state index is 0.0674. The molecule has 0 saturated carbocycles. The zero-order valence-corrected chi connectivity index (χ0v) is 19.9. The third kappa shape index (κ3) is 3.68. The molecular weight excluding hydrogens is 430 g/mol. The van der Waals surface area contributed by atoms with Gasteiger partial charge in [0.25, 0.3) is 5.91 Å². The monoisotopic (exact) mass is 457 g/mol. The molecule has 168 valence electrons. The van der Waals surface area contributed by atoms with E-state index in [1.807, 2.05) is 90.7 Å². The van der Waals surface area contributed by atoms with Crippen LogP contribution in [0.25, 0.3) is 0 Å². The van der Waals surface area contributed by atoms with Gasteiger partial charge in [-0.05, 0) is 44.5 Å². The van der Waals surface area contributed by atoms with Crippen molar-refractivity contribution < 1.29 is 9.59 Å². The number of fused-ring (bicyclic) bond motifs is 2. The smallest absolute Gasteiger partial charge is 0.308 e. The second-order valence-corrected chi connectivity index (χ2v) is 11.2. The number of carbonyl (C=O) groups is 2. The number of benzene rings is 3. The van der Waals surface area contributed by atoms with Crippen molar-refractivity contribution in [3.63, 3.8) is 0 Å². The lowest BCUT2D eigenvalue weighted by atomic mass is 10.1. The summed E-state index contributed by atoms with van der Waals surface area (Å²) in [7, 11) is 0. The maximum atomic E-state index is 14.2. The summed E-state index contributed by atoms with van der Waals surface area (Å²) in [5.41, 5.74) is 4.63. The Morgan fingerprint density at radius 3 is 2.36 bits per heavy atom. The maximum Gasteiger partial charge on any atom is 0.323 e. The SMILES string of the molecule is Cc1ccc(NC(=O)N2CC(C)(C)S[C@]23C(=O)N(Cc2ccccc2)c2ccccc23)cc1. The molecule has 0 radical (unpaired) electrons. The number of thioether (sulfide) groups is 1. The fourth-order valence-corrected chi connectivity index (χ4v) is 6.44. The Kier molecular flexibility index (Phi) is 5.20. The van der Waals surface area contributed by atoms with E-state index < -0.39 is 4.87 Å². The second kappa shape index (κ2) is 7.96. The maximum absolute atomic E-state index is 14.2. The van der Waals surface area contributed by atoms with Gasteiger partial charge < -0.3 is 10.2 Å². The van der Waals surface area contributed by atoms with Gasteiger partial charge in [0.2, 0.25) is 0 Å². The lowest BCUT2D eigenvalue weighted by Gasteiger charge is -2.33. The Hall–Kier alpha value is -3.25. The number of nitrogens with one attached hydrogen (secondary N) is 1. The first-order valence-corrected chi connectivity index (χ1v) is 11.9. The molecule has 5 nitrogen and oxygen atoms in total. The van der Waals surface area contributed by atoms with Crippen molar-refractivity contribution in [3.05, 3.63) is 95.6 Å². The molecule has 3 aromatic carbocycles. The summed E-state index contributed by atoms with van der Waals surface area (Å²) in [6, 6.07) is 25.3. The highest BCUT2D eigenvalue weighted by atomic mass is 32.2. The van der Waals surface area contributed by atoms with Crippen LogP contribution < -0.4 is 10.2 Å². The van der Waals surface area contributed by atoms with Crippen LogP contribution in [0.2, 0.25) is 0 Å². The first kappa shape index (κ1) is 21.6. The molecule has 0 aromatic heterocycles. The van der Waals surface area contributed by atoms with Gasteiger partial charge in [-0.15, -0.1) is 11.8 Å². The number of anilines is 2. The largest absolute Gasteiger partial charge is 0.323 e. The number of rotatable bonds is 3. The molecule has 2 aliphatic rings. The van der Waals surface area contributed by atoms with E-state index in [2.05, 4.69) is 19.2 Å². The van der Waals surface area contributed by atoms with E-state index in [4.69, 9.17) is 0 Å². The average molecular weight is 458 g/mol. The summed E-state index contributed by atoms with van der Waals surface area (Å²) >= 11 is 1.57. The number of aryl methyl sites for hydroxylation is 1. The van der Waals surface area contributed by atoms with Gasteiger partial charge in [0.15, 0.2) is 4.87 Å². The third-order valence-electron chi connectivity index (χ3n) is 6.17. The Balaban J connectivity index is 1.55. The van der Waals surface area contributed by atoms with Gasteiger partial charge in [-0.3, -0.25) is 9.69 Å². The Bertz CT molecular complexity index is 1210. The van der Waals surface area contributed by atoms with Gasteiger partial charge in [-0.1, -0.05) is 66.2 Å². The molecule has 3 amide bonds. The van der Waals surface area contributed by atoms with Gasteiger partial charge in [0.1, 0.15) is 0 Å². The molecule has 1 atom stereocenters. The highest BCUT2D eigenvalue weighted by Gasteiger charge is 2.63. The summed E-state index contributed by atoms with van der Waals surface area (Å²) in [5, 5.41) is 3.02. The standard InChI is InChI=1S/C27H27N3O2S/c1-19-13-15-21(16-14-19)28-25(32)30-18-26(2,3)33-27(30)22-11-7-8-12-23(22)29(24(27)31)17-20-9-5-4-6-10-20/h4-16H,17-18H2,1-3H3,(H,28,32)/t27-/m1/s1. The number of para-hydroxylation sites is 1. The van der Waals surface area contributed by atoms with E-state index in [0.717, 1.165) is 28.1 Å². The Morgan fingerprint density at radius 2 is 1.64 bits per heavy atom.